The molecule has 0 radical (unpaired) electrons. The van der Waals surface area contributed by atoms with Crippen molar-refractivity contribution in [3.05, 3.63) is 60.8 Å². The van der Waals surface area contributed by atoms with Crippen LogP contribution in [0.1, 0.15) is 278 Å². The second-order valence-corrected chi connectivity index (χ2v) is 19.0. The van der Waals surface area contributed by atoms with Crippen molar-refractivity contribution in [3.8, 4) is 0 Å². The second kappa shape index (κ2) is 52.5. The fraction of sp³-hybridized carbons (Fsp3) is 0.797. The molecule has 3 unspecified atom stereocenters. The van der Waals surface area contributed by atoms with Crippen molar-refractivity contribution >= 4 is 11.9 Å². The molecule has 3 N–H and O–H groups in total. The predicted octanol–water partition coefficient (Wildman–Crippen LogP) is 17.2. The molecule has 0 spiro atoms. The number of nitrogens with one attached hydrogen (secondary N) is 1. The Morgan fingerprint density at radius 2 is 0.877 bits per heavy atom. The van der Waals surface area contributed by atoms with Crippen LogP contribution in [0.5, 0.6) is 0 Å². The molecule has 0 heterocycles. The third-order valence-electron chi connectivity index (χ3n) is 12.6. The molecule has 6 nitrogen and oxygen atoms in total. The van der Waals surface area contributed by atoms with Gasteiger partial charge >= 0.3 is 5.97 Å². The van der Waals surface area contributed by atoms with E-state index < -0.39 is 18.2 Å². The van der Waals surface area contributed by atoms with Crippen molar-refractivity contribution in [1.29, 1.82) is 0 Å². The highest BCUT2D eigenvalue weighted by atomic mass is 16.5. The molecule has 0 fully saturated rings. The highest BCUT2D eigenvalue weighted by Crippen LogP contribution is 2.18. The lowest BCUT2D eigenvalue weighted by Crippen LogP contribution is -2.46. The maximum Gasteiger partial charge on any atom is 0.306 e. The van der Waals surface area contributed by atoms with Gasteiger partial charge in [0.05, 0.1) is 25.2 Å². The van der Waals surface area contributed by atoms with Gasteiger partial charge in [-0.05, 0) is 83.5 Å². The van der Waals surface area contributed by atoms with E-state index in [1.807, 2.05) is 0 Å². The molecular weight excluding hydrogens is 803 g/mol. The summed E-state index contributed by atoms with van der Waals surface area (Å²) in [6, 6.07) is -0.716. The predicted molar refractivity (Wildman–Crippen MR) is 282 cm³/mol. The van der Waals surface area contributed by atoms with Crippen LogP contribution in [0.4, 0.5) is 0 Å². The molecule has 0 aromatic heterocycles. The summed E-state index contributed by atoms with van der Waals surface area (Å²) in [5.41, 5.74) is 0. The summed E-state index contributed by atoms with van der Waals surface area (Å²) >= 11 is 0. The van der Waals surface area contributed by atoms with Crippen LogP contribution in [0.15, 0.2) is 60.8 Å². The van der Waals surface area contributed by atoms with Crippen LogP contribution >= 0.6 is 0 Å². The summed E-state index contributed by atoms with van der Waals surface area (Å²) in [6.45, 7) is 6.37. The van der Waals surface area contributed by atoms with Gasteiger partial charge in [-0.2, -0.15) is 0 Å². The van der Waals surface area contributed by atoms with E-state index >= 15 is 0 Å². The van der Waals surface area contributed by atoms with Crippen molar-refractivity contribution < 1.29 is 24.5 Å². The molecule has 3 atom stereocenters. The summed E-state index contributed by atoms with van der Waals surface area (Å²) in [5.74, 6) is -0.522. The Morgan fingerprint density at radius 1 is 0.477 bits per heavy atom. The molecule has 0 aliphatic rings. The number of rotatable bonds is 50. The average Bonchev–Trinajstić information content (AvgIpc) is 3.30. The van der Waals surface area contributed by atoms with Crippen molar-refractivity contribution in [2.45, 2.75) is 296 Å². The minimum absolute atomic E-state index is 0.0514. The van der Waals surface area contributed by atoms with Gasteiger partial charge in [-0.1, -0.05) is 242 Å². The van der Waals surface area contributed by atoms with Crippen LogP contribution < -0.4 is 5.32 Å². The van der Waals surface area contributed by atoms with E-state index in [-0.39, 0.29) is 24.9 Å². The summed E-state index contributed by atoms with van der Waals surface area (Å²) < 4.78 is 5.93. The molecule has 0 aromatic rings. The smallest absolute Gasteiger partial charge is 0.306 e. The fourth-order valence-electron chi connectivity index (χ4n) is 8.38. The zero-order valence-electron chi connectivity index (χ0n) is 43.1. The number of hydrogen-bond acceptors (Lipinski definition) is 5. The normalized spacial score (nSPS) is 13.6. The molecule has 0 aliphatic carbocycles. The van der Waals surface area contributed by atoms with Crippen molar-refractivity contribution in [2.75, 3.05) is 6.61 Å². The van der Waals surface area contributed by atoms with Crippen LogP contribution in [-0.4, -0.2) is 46.9 Å². The third kappa shape index (κ3) is 47.8. The minimum atomic E-state index is -0.801. The maximum absolute atomic E-state index is 13.2. The summed E-state index contributed by atoms with van der Waals surface area (Å²) in [4.78, 5) is 26.2. The molecule has 6 heteroatoms. The number of allylic oxidation sites excluding steroid dienone is 10. The van der Waals surface area contributed by atoms with Crippen LogP contribution in [0.2, 0.25) is 0 Å². The molecule has 0 aliphatic heterocycles. The number of amides is 1. The quantitative estimate of drug-likeness (QED) is 0.0245. The lowest BCUT2D eigenvalue weighted by molar-refractivity contribution is -0.151. The van der Waals surface area contributed by atoms with Gasteiger partial charge in [-0.25, -0.2) is 0 Å². The largest absolute Gasteiger partial charge is 0.462 e. The fourth-order valence-corrected chi connectivity index (χ4v) is 8.38. The number of carbonyl (C=O) groups excluding carboxylic acids is 2. The Kier molecular flexibility index (Phi) is 50.6. The van der Waals surface area contributed by atoms with Crippen LogP contribution in [0.25, 0.3) is 0 Å². The van der Waals surface area contributed by atoms with E-state index in [9.17, 15) is 19.8 Å². The van der Waals surface area contributed by atoms with E-state index in [1.54, 1.807) is 0 Å². The van der Waals surface area contributed by atoms with Crippen LogP contribution in [-0.2, 0) is 14.3 Å². The number of ether oxygens (including phenoxy) is 1. The highest BCUT2D eigenvalue weighted by Gasteiger charge is 2.24. The zero-order chi connectivity index (χ0) is 47.4. The monoisotopic (exact) mass is 910 g/mol. The van der Waals surface area contributed by atoms with Gasteiger partial charge in [0, 0.05) is 6.42 Å². The first kappa shape index (κ1) is 62.6. The van der Waals surface area contributed by atoms with E-state index in [0.717, 1.165) is 103 Å². The number of hydrogen-bond donors (Lipinski definition) is 3. The Hall–Kier alpha value is -2.44. The molecule has 378 valence electrons. The molecule has 0 rings (SSSR count). The Bertz CT molecular complexity index is 1160. The van der Waals surface area contributed by atoms with Gasteiger partial charge in [0.15, 0.2) is 0 Å². The zero-order valence-corrected chi connectivity index (χ0v) is 43.1. The highest BCUT2D eigenvalue weighted by molar-refractivity contribution is 5.77. The summed E-state index contributed by atoms with van der Waals surface area (Å²) in [7, 11) is 0. The molecule has 0 saturated heterocycles. The minimum Gasteiger partial charge on any atom is -0.462 e. The van der Waals surface area contributed by atoms with E-state index in [4.69, 9.17) is 4.74 Å². The van der Waals surface area contributed by atoms with Crippen LogP contribution in [0.3, 0.4) is 0 Å². The molecule has 0 aromatic carbocycles. The van der Waals surface area contributed by atoms with Crippen molar-refractivity contribution in [2.24, 2.45) is 0 Å². The topological polar surface area (TPSA) is 95.9 Å². The van der Waals surface area contributed by atoms with Gasteiger partial charge in [0.1, 0.15) is 6.10 Å². The number of aliphatic hydroxyl groups excluding tert-OH is 2. The van der Waals surface area contributed by atoms with E-state index in [0.29, 0.717) is 19.3 Å². The Labute approximate surface area is 403 Å². The second-order valence-electron chi connectivity index (χ2n) is 19.0. The first-order valence-electron chi connectivity index (χ1n) is 28.0. The Balaban J connectivity index is 4.61. The van der Waals surface area contributed by atoms with Crippen LogP contribution in [0, 0.1) is 0 Å². The standard InChI is InChI=1S/C59H107NO5/c1-4-7-10-13-16-19-22-25-28-30-33-36-39-42-45-48-51-57(62)56(54-61)60-58(63)53-55(50-47-44-41-38-35-32-27-24-21-18-15-12-9-6-3)65-59(64)52-49-46-43-40-37-34-31-29-26-23-20-17-14-11-8-5-2/h9,12,18,21,27,29,31-32,34,37,55-57,61-62H,4-8,10-11,13-17,19-20,22-26,28,30,33,35-36,38-54H2,1-3H3,(H,60,63)/b12-9+,21-18+,31-29+,32-27+,37-34+. The first-order chi connectivity index (χ1) is 32.0. The first-order valence-corrected chi connectivity index (χ1v) is 28.0. The number of esters is 1. The molecular formula is C59H107NO5. The van der Waals surface area contributed by atoms with Gasteiger partial charge in [-0.3, -0.25) is 9.59 Å². The SMILES string of the molecule is CC/C=C/C/C=C/C/C=C/CCCCCCC(CC(=O)NC(CO)C(O)CCCCCCCCCCCCCCCCCC)OC(=O)CCCCC/C=C/C=C/CCCCCCCCC. The van der Waals surface area contributed by atoms with E-state index in [2.05, 4.69) is 86.8 Å². The van der Waals surface area contributed by atoms with Gasteiger partial charge in [-0.15, -0.1) is 0 Å². The third-order valence-corrected chi connectivity index (χ3v) is 12.6. The average molecular weight is 911 g/mol. The lowest BCUT2D eigenvalue weighted by atomic mass is 10.0. The molecule has 0 bridgehead atoms. The number of unbranched alkanes of at least 4 members (excludes halogenated alkanes) is 29. The molecule has 65 heavy (non-hydrogen) atoms. The molecule has 1 amide bonds. The van der Waals surface area contributed by atoms with Crippen molar-refractivity contribution in [3.63, 3.8) is 0 Å². The van der Waals surface area contributed by atoms with E-state index in [1.165, 1.54) is 128 Å². The molecule has 0 saturated carbocycles. The lowest BCUT2D eigenvalue weighted by Gasteiger charge is -2.24. The number of aliphatic hydroxyl groups is 2. The summed E-state index contributed by atoms with van der Waals surface area (Å²) in [6.07, 6.45) is 65.7. The van der Waals surface area contributed by atoms with Gasteiger partial charge in [0.25, 0.3) is 0 Å². The van der Waals surface area contributed by atoms with Gasteiger partial charge in [0.2, 0.25) is 5.91 Å². The number of carbonyl (C=O) groups is 2. The Morgan fingerprint density at radius 3 is 1.35 bits per heavy atom. The van der Waals surface area contributed by atoms with Gasteiger partial charge < -0.3 is 20.3 Å². The summed E-state index contributed by atoms with van der Waals surface area (Å²) in [5, 5.41) is 23.9. The maximum atomic E-state index is 13.2. The van der Waals surface area contributed by atoms with Crippen molar-refractivity contribution in [1.82, 2.24) is 5.32 Å².